The number of pyridine rings is 1. The van der Waals surface area contributed by atoms with Crippen LogP contribution in [-0.2, 0) is 22.7 Å². The first kappa shape index (κ1) is 33.4. The van der Waals surface area contributed by atoms with Crippen molar-refractivity contribution in [1.82, 2.24) is 24.8 Å². The molecule has 3 saturated heterocycles. The van der Waals surface area contributed by atoms with Crippen molar-refractivity contribution in [1.29, 1.82) is 5.26 Å². The molecule has 4 aliphatic rings. The second-order valence-electron chi connectivity index (χ2n) is 14.0. The molecule has 3 N–H and O–H groups in total. The van der Waals surface area contributed by atoms with Gasteiger partial charge in [-0.15, -0.1) is 11.3 Å². The van der Waals surface area contributed by atoms with Crippen LogP contribution >= 0.6 is 11.3 Å². The Morgan fingerprint density at radius 2 is 1.80 bits per heavy atom. The number of likely N-dealkylation sites (tertiary alicyclic amines) is 1. The summed E-state index contributed by atoms with van der Waals surface area (Å²) in [4.78, 5) is 21.0. The molecule has 0 spiro atoms. The fraction of sp³-hybridized carbons (Fsp3) is 0.543. The fourth-order valence-corrected chi connectivity index (χ4v) is 9.15. The van der Waals surface area contributed by atoms with Crippen LogP contribution < -0.4 is 15.4 Å². The van der Waals surface area contributed by atoms with Crippen LogP contribution in [0.2, 0.25) is 0 Å². The lowest BCUT2D eigenvalue weighted by Crippen LogP contribution is -2.55. The third kappa shape index (κ3) is 5.81. The van der Waals surface area contributed by atoms with E-state index in [4.69, 9.17) is 29.9 Å². The van der Waals surface area contributed by atoms with Gasteiger partial charge in [-0.3, -0.25) is 14.8 Å². The van der Waals surface area contributed by atoms with E-state index in [1.807, 2.05) is 0 Å². The van der Waals surface area contributed by atoms with Gasteiger partial charge in [0.05, 0.1) is 66.7 Å². The highest BCUT2D eigenvalue weighted by Crippen LogP contribution is 2.48. The Morgan fingerprint density at radius 3 is 2.52 bits per heavy atom. The number of morpholine rings is 1. The average molecular weight is 707 g/mol. The van der Waals surface area contributed by atoms with Crippen molar-refractivity contribution in [3.05, 3.63) is 34.5 Å². The van der Waals surface area contributed by atoms with Gasteiger partial charge < -0.3 is 30.0 Å². The lowest BCUT2D eigenvalue weighted by atomic mass is 9.93. The third-order valence-corrected chi connectivity index (χ3v) is 11.3. The molecule has 15 heteroatoms. The van der Waals surface area contributed by atoms with E-state index in [0.29, 0.717) is 43.1 Å². The van der Waals surface area contributed by atoms with Gasteiger partial charge >= 0.3 is 6.01 Å². The zero-order valence-electron chi connectivity index (χ0n) is 28.1. The number of nitrogen functional groups attached to an aromatic ring is 1. The summed E-state index contributed by atoms with van der Waals surface area (Å²) in [6.07, 6.45) is 2.47. The van der Waals surface area contributed by atoms with E-state index in [9.17, 15) is 10.4 Å². The number of nitrogens with zero attached hydrogens (tertiary/aromatic N) is 7. The van der Waals surface area contributed by atoms with E-state index in [-0.39, 0.29) is 74.7 Å². The van der Waals surface area contributed by atoms with Gasteiger partial charge in [-0.1, -0.05) is 6.92 Å². The summed E-state index contributed by atoms with van der Waals surface area (Å²) >= 11 is 0.942. The number of β-amino-alcohol motifs (C(OH)–C–C–N with tert-alkyl or cyclic N) is 1. The number of piperazine rings is 1. The van der Waals surface area contributed by atoms with Crippen molar-refractivity contribution in [2.45, 2.75) is 58.1 Å². The minimum atomic E-state index is -0.659. The summed E-state index contributed by atoms with van der Waals surface area (Å²) in [7, 11) is 0. The quantitative estimate of drug-likeness (QED) is 0.259. The molecule has 0 amide bonds. The molecule has 50 heavy (non-hydrogen) atoms. The molecular formula is C35H40F2N8O4S. The first-order valence-corrected chi connectivity index (χ1v) is 18.0. The largest absolute Gasteiger partial charge is 0.463 e. The maximum Gasteiger partial charge on any atom is 0.319 e. The number of hydrogen-bond acceptors (Lipinski definition) is 13. The van der Waals surface area contributed by atoms with Crippen molar-refractivity contribution < 1.29 is 28.1 Å². The van der Waals surface area contributed by atoms with Crippen LogP contribution in [0.1, 0.15) is 43.4 Å². The Kier molecular flexibility index (Phi) is 8.95. The molecule has 12 nitrogen and oxygen atoms in total. The van der Waals surface area contributed by atoms with Crippen molar-refractivity contribution >= 4 is 43.1 Å². The number of anilines is 2. The van der Waals surface area contributed by atoms with E-state index in [1.54, 1.807) is 6.92 Å². The van der Waals surface area contributed by atoms with Crippen LogP contribution in [0.5, 0.6) is 6.01 Å². The Hall–Kier alpha value is -3.78. The number of fused-ring (bicyclic) bond motifs is 6. The number of aliphatic hydroxyl groups excluding tert-OH is 1. The Balaban J connectivity index is 1.27. The average Bonchev–Trinajstić information content (AvgIpc) is 3.78. The highest BCUT2D eigenvalue weighted by molar-refractivity contribution is 7.23. The Labute approximate surface area is 292 Å². The molecule has 2 bridgehead atoms. The smallest absolute Gasteiger partial charge is 0.319 e. The molecule has 4 aromatic rings. The number of aromatic nitrogens is 3. The lowest BCUT2D eigenvalue weighted by molar-refractivity contribution is 0.0280. The number of hydrogen-bond donors (Lipinski definition) is 2. The predicted molar refractivity (Wildman–Crippen MR) is 185 cm³/mol. The minimum Gasteiger partial charge on any atom is -0.463 e. The van der Waals surface area contributed by atoms with Gasteiger partial charge in [0, 0.05) is 68.2 Å². The SMILES string of the molecule is CC(COc1nc(N2C3CCC2CN(C[C@@H](C)O)C3)c2c3c(c(-c4ncc(F)c5sc(N)c(C#N)c45)c(F)c2n1)COC3)CN1CCOCC1. The number of nitriles is 1. The number of nitrogens with two attached hydrogens (primary N) is 1. The Morgan fingerprint density at radius 1 is 1.06 bits per heavy atom. The normalized spacial score (nSPS) is 22.3. The van der Waals surface area contributed by atoms with Crippen LogP contribution in [0.3, 0.4) is 0 Å². The number of ether oxygens (including phenoxy) is 3. The summed E-state index contributed by atoms with van der Waals surface area (Å²) < 4.78 is 50.3. The first-order chi connectivity index (χ1) is 24.2. The van der Waals surface area contributed by atoms with Gasteiger partial charge in [-0.05, 0) is 30.9 Å². The highest BCUT2D eigenvalue weighted by atomic mass is 32.1. The van der Waals surface area contributed by atoms with Gasteiger partial charge in [-0.2, -0.15) is 15.2 Å². The molecule has 0 radical (unpaired) electrons. The van der Waals surface area contributed by atoms with Crippen molar-refractivity contribution in [2.24, 2.45) is 5.92 Å². The monoisotopic (exact) mass is 706 g/mol. The molecule has 4 aliphatic heterocycles. The highest BCUT2D eigenvalue weighted by Gasteiger charge is 2.43. The third-order valence-electron chi connectivity index (χ3n) is 10.3. The predicted octanol–water partition coefficient (Wildman–Crippen LogP) is 4.05. The second-order valence-corrected chi connectivity index (χ2v) is 15.0. The molecular weight excluding hydrogens is 666 g/mol. The van der Waals surface area contributed by atoms with Crippen LogP contribution in [0.25, 0.3) is 32.2 Å². The lowest BCUT2D eigenvalue weighted by Gasteiger charge is -2.42. The van der Waals surface area contributed by atoms with Gasteiger partial charge in [0.25, 0.3) is 0 Å². The number of aliphatic hydroxyl groups is 1. The van der Waals surface area contributed by atoms with Crippen LogP contribution in [0.4, 0.5) is 19.6 Å². The van der Waals surface area contributed by atoms with Gasteiger partial charge in [-0.25, -0.2) is 8.78 Å². The maximum absolute atomic E-state index is 17.4. The van der Waals surface area contributed by atoms with Crippen LogP contribution in [-0.4, -0.2) is 107 Å². The zero-order valence-corrected chi connectivity index (χ0v) is 28.9. The maximum atomic E-state index is 17.4. The van der Waals surface area contributed by atoms with Gasteiger partial charge in [0.15, 0.2) is 11.6 Å². The standard InChI is InChI=1S/C35H40F2N8O4S/c1-18(11-43-5-7-47-8-6-43)15-49-35-41-31-28(34(42-35)45-20-3-4-21(45)14-44(13-20)12-19(2)46)24-17-48-16-23(24)26(29(31)37)30-27-22(9-38)33(39)50-32(27)25(36)10-40-30/h10,18-21,46H,3-8,11-17,39H2,1-2H3/t18?,19-,20?,21?/m1/s1. The van der Waals surface area contributed by atoms with Crippen LogP contribution in [0.15, 0.2) is 6.20 Å². The molecule has 7 heterocycles. The molecule has 1 aromatic carbocycles. The summed E-state index contributed by atoms with van der Waals surface area (Å²) in [6, 6.07) is 2.35. The summed E-state index contributed by atoms with van der Waals surface area (Å²) in [5.74, 6) is -0.534. The Bertz CT molecular complexity index is 1980. The van der Waals surface area contributed by atoms with E-state index in [0.717, 1.165) is 68.7 Å². The minimum absolute atomic E-state index is 0.0625. The molecule has 3 aromatic heterocycles. The van der Waals surface area contributed by atoms with Gasteiger partial charge in [0.2, 0.25) is 0 Å². The fourth-order valence-electron chi connectivity index (χ4n) is 8.23. The molecule has 3 fully saturated rings. The molecule has 264 valence electrons. The molecule has 8 rings (SSSR count). The van der Waals surface area contributed by atoms with Gasteiger partial charge in [0.1, 0.15) is 22.4 Å². The molecule has 3 unspecified atom stereocenters. The van der Waals surface area contributed by atoms with E-state index >= 15 is 8.78 Å². The topological polar surface area (TPSA) is 146 Å². The first-order valence-electron chi connectivity index (χ1n) is 17.2. The number of thiophene rings is 1. The molecule has 0 aliphatic carbocycles. The summed E-state index contributed by atoms with van der Waals surface area (Å²) in [5, 5.41) is 21.0. The van der Waals surface area contributed by atoms with Crippen molar-refractivity contribution in [3.8, 4) is 23.3 Å². The summed E-state index contributed by atoms with van der Waals surface area (Å²) in [6.45, 7) is 10.6. The molecule has 4 atom stereocenters. The van der Waals surface area contributed by atoms with Crippen molar-refractivity contribution in [3.63, 3.8) is 0 Å². The summed E-state index contributed by atoms with van der Waals surface area (Å²) in [5.41, 5.74) is 7.83. The van der Waals surface area contributed by atoms with Crippen molar-refractivity contribution in [2.75, 3.05) is 69.7 Å². The van der Waals surface area contributed by atoms with E-state index in [1.165, 1.54) is 0 Å². The second kappa shape index (κ2) is 13.4. The van der Waals surface area contributed by atoms with E-state index < -0.39 is 17.7 Å². The number of rotatable bonds is 9. The molecule has 0 saturated carbocycles. The number of halogens is 2. The van der Waals surface area contributed by atoms with E-state index in [2.05, 4.69) is 32.7 Å². The zero-order chi connectivity index (χ0) is 34.7. The number of benzene rings is 1. The van der Waals surface area contributed by atoms with Crippen LogP contribution in [0, 0.1) is 28.9 Å².